The van der Waals surface area contributed by atoms with Crippen molar-refractivity contribution in [3.8, 4) is 11.8 Å². The van der Waals surface area contributed by atoms with Crippen molar-refractivity contribution in [2.45, 2.75) is 32.9 Å². The molecule has 2 rings (SSSR count). The summed E-state index contributed by atoms with van der Waals surface area (Å²) >= 11 is 0. The molecular formula is C21H21F3N2O. The molecule has 6 heteroatoms. The molecule has 0 unspecified atom stereocenters. The number of halogens is 3. The van der Waals surface area contributed by atoms with E-state index >= 15 is 0 Å². The number of nitrogens with one attached hydrogen (secondary N) is 2. The van der Waals surface area contributed by atoms with Crippen LogP contribution in [0.2, 0.25) is 0 Å². The van der Waals surface area contributed by atoms with Crippen LogP contribution in [0.4, 0.5) is 24.5 Å². The summed E-state index contributed by atoms with van der Waals surface area (Å²) in [7, 11) is 0. The molecule has 0 spiro atoms. The third-order valence-electron chi connectivity index (χ3n) is 3.90. The third kappa shape index (κ3) is 6.07. The molecule has 2 N–H and O–H groups in total. The Morgan fingerprint density at radius 1 is 1.07 bits per heavy atom. The van der Waals surface area contributed by atoms with Crippen LogP contribution in [0, 0.1) is 18.8 Å². The second-order valence-electron chi connectivity index (χ2n) is 6.01. The smallest absolute Gasteiger partial charge is 0.374 e. The second kappa shape index (κ2) is 9.13. The predicted octanol–water partition coefficient (Wildman–Crippen LogP) is 5.22. The molecular weight excluding hydrogens is 353 g/mol. The number of anilines is 2. The van der Waals surface area contributed by atoms with Gasteiger partial charge in [0, 0.05) is 23.4 Å². The molecule has 2 aromatic carbocycles. The number of carbonyl (C=O) groups excluding carboxylic acids is 1. The first-order valence-corrected chi connectivity index (χ1v) is 8.60. The fraction of sp³-hybridized carbons (Fsp3) is 0.286. The Balaban J connectivity index is 1.98. The minimum absolute atomic E-state index is 0.0279. The van der Waals surface area contributed by atoms with Gasteiger partial charge in [-0.3, -0.25) is 4.79 Å². The average Bonchev–Trinajstić information content (AvgIpc) is 2.61. The number of hydrogen-bond donors (Lipinski definition) is 2. The van der Waals surface area contributed by atoms with E-state index in [0.717, 1.165) is 35.5 Å². The number of rotatable bonds is 5. The van der Waals surface area contributed by atoms with Gasteiger partial charge >= 0.3 is 6.18 Å². The highest BCUT2D eigenvalue weighted by Crippen LogP contribution is 2.29. The van der Waals surface area contributed by atoms with Gasteiger partial charge in [0.05, 0.1) is 12.1 Å². The van der Waals surface area contributed by atoms with Crippen molar-refractivity contribution in [3.63, 3.8) is 0 Å². The maximum Gasteiger partial charge on any atom is 0.416 e. The molecule has 0 heterocycles. The zero-order valence-electron chi connectivity index (χ0n) is 15.2. The van der Waals surface area contributed by atoms with Crippen molar-refractivity contribution >= 4 is 17.3 Å². The lowest BCUT2D eigenvalue weighted by molar-refractivity contribution is -0.137. The molecule has 2 aromatic rings. The number of hydrogen-bond acceptors (Lipinski definition) is 2. The van der Waals surface area contributed by atoms with Gasteiger partial charge in [0.25, 0.3) is 0 Å². The largest absolute Gasteiger partial charge is 0.416 e. The molecule has 0 aliphatic rings. The summed E-state index contributed by atoms with van der Waals surface area (Å²) in [6.07, 6.45) is -3.10. The first-order valence-electron chi connectivity index (χ1n) is 8.60. The summed E-state index contributed by atoms with van der Waals surface area (Å²) in [6.45, 7) is 4.17. The Hall–Kier alpha value is -2.94. The highest BCUT2D eigenvalue weighted by atomic mass is 19.4. The Labute approximate surface area is 157 Å². The van der Waals surface area contributed by atoms with Crippen molar-refractivity contribution in [1.29, 1.82) is 0 Å². The first kappa shape index (κ1) is 20.4. The fourth-order valence-electron chi connectivity index (χ4n) is 2.43. The summed E-state index contributed by atoms with van der Waals surface area (Å²) in [4.78, 5) is 11.8. The van der Waals surface area contributed by atoms with E-state index in [4.69, 9.17) is 0 Å². The maximum absolute atomic E-state index is 12.5. The lowest BCUT2D eigenvalue weighted by Gasteiger charge is -2.12. The molecule has 27 heavy (non-hydrogen) atoms. The summed E-state index contributed by atoms with van der Waals surface area (Å²) in [5.41, 5.74) is 2.31. The van der Waals surface area contributed by atoms with Crippen molar-refractivity contribution < 1.29 is 18.0 Å². The van der Waals surface area contributed by atoms with Gasteiger partial charge in [-0.1, -0.05) is 24.8 Å². The second-order valence-corrected chi connectivity index (χ2v) is 6.01. The maximum atomic E-state index is 12.5. The highest BCUT2D eigenvalue weighted by molar-refractivity contribution is 5.92. The number of benzene rings is 2. The van der Waals surface area contributed by atoms with Gasteiger partial charge < -0.3 is 10.6 Å². The van der Waals surface area contributed by atoms with E-state index in [2.05, 4.69) is 22.5 Å². The summed E-state index contributed by atoms with van der Waals surface area (Å²) in [5.74, 6) is 5.69. The number of carbonyl (C=O) groups is 1. The highest BCUT2D eigenvalue weighted by Gasteiger charge is 2.29. The summed E-state index contributed by atoms with van der Waals surface area (Å²) < 4.78 is 37.6. The van der Waals surface area contributed by atoms with Crippen LogP contribution >= 0.6 is 0 Å². The normalized spacial score (nSPS) is 10.7. The monoisotopic (exact) mass is 374 g/mol. The molecule has 0 aromatic heterocycles. The summed E-state index contributed by atoms with van der Waals surface area (Å²) in [5, 5.41) is 6.04. The molecule has 0 aliphatic carbocycles. The zero-order valence-corrected chi connectivity index (χ0v) is 15.2. The molecule has 142 valence electrons. The third-order valence-corrected chi connectivity index (χ3v) is 3.90. The van der Waals surface area contributed by atoms with E-state index in [1.165, 1.54) is 12.1 Å². The van der Waals surface area contributed by atoms with Gasteiger partial charge in [0.1, 0.15) is 0 Å². The van der Waals surface area contributed by atoms with Crippen LogP contribution < -0.4 is 10.6 Å². The number of amides is 1. The average molecular weight is 374 g/mol. The molecule has 1 amide bonds. The van der Waals surface area contributed by atoms with Crippen LogP contribution in [0.25, 0.3) is 0 Å². The standard InChI is InChI=1S/C21H21F3N2O/c1-3-6-20(27)26-19-9-4-8-18(15(19)2)25-14-5-7-16-10-12-17(13-11-16)21(22,23)24/h4,8-13,25H,3,6,14H2,1-2H3,(H,26,27). The zero-order chi connectivity index (χ0) is 19.9. The van der Waals surface area contributed by atoms with Crippen LogP contribution in [0.3, 0.4) is 0 Å². The van der Waals surface area contributed by atoms with Crippen molar-refractivity contribution in [1.82, 2.24) is 0 Å². The topological polar surface area (TPSA) is 41.1 Å². The molecule has 3 nitrogen and oxygen atoms in total. The molecule has 0 saturated carbocycles. The van der Waals surface area contributed by atoms with Gasteiger partial charge in [-0.25, -0.2) is 0 Å². The minimum Gasteiger partial charge on any atom is -0.374 e. The molecule has 0 bridgehead atoms. The lowest BCUT2D eigenvalue weighted by Crippen LogP contribution is -2.12. The van der Waals surface area contributed by atoms with Gasteiger partial charge in [-0.15, -0.1) is 0 Å². The molecule has 0 saturated heterocycles. The van der Waals surface area contributed by atoms with Crippen LogP contribution in [0.5, 0.6) is 0 Å². The van der Waals surface area contributed by atoms with Crippen LogP contribution in [0.1, 0.15) is 36.5 Å². The quantitative estimate of drug-likeness (QED) is 0.705. The van der Waals surface area contributed by atoms with Gasteiger partial charge in [-0.05, 0) is 55.3 Å². The molecule has 0 aliphatic heterocycles. The SMILES string of the molecule is CCCC(=O)Nc1cccc(NCC#Cc2ccc(C(F)(F)F)cc2)c1C. The van der Waals surface area contributed by atoms with E-state index in [1.54, 1.807) is 0 Å². The van der Waals surface area contributed by atoms with Crippen molar-refractivity contribution in [2.24, 2.45) is 0 Å². The van der Waals surface area contributed by atoms with E-state index < -0.39 is 11.7 Å². The molecule has 0 radical (unpaired) electrons. The first-order chi connectivity index (χ1) is 12.8. The summed E-state index contributed by atoms with van der Waals surface area (Å²) in [6, 6.07) is 10.3. The Bertz CT molecular complexity index is 846. The Morgan fingerprint density at radius 3 is 2.37 bits per heavy atom. The van der Waals surface area contributed by atoms with Crippen molar-refractivity contribution in [2.75, 3.05) is 17.2 Å². The van der Waals surface area contributed by atoms with E-state index in [1.807, 2.05) is 32.0 Å². The van der Waals surface area contributed by atoms with Crippen LogP contribution in [-0.4, -0.2) is 12.5 Å². The van der Waals surface area contributed by atoms with Crippen molar-refractivity contribution in [3.05, 3.63) is 59.2 Å². The fourth-order valence-corrected chi connectivity index (χ4v) is 2.43. The lowest BCUT2D eigenvalue weighted by atomic mass is 10.1. The van der Waals surface area contributed by atoms with Gasteiger partial charge in [0.15, 0.2) is 0 Å². The van der Waals surface area contributed by atoms with E-state index in [9.17, 15) is 18.0 Å². The minimum atomic E-state index is -4.34. The molecule has 0 fully saturated rings. The Kier molecular flexibility index (Phi) is 6.89. The molecule has 0 atom stereocenters. The van der Waals surface area contributed by atoms with E-state index in [-0.39, 0.29) is 5.91 Å². The van der Waals surface area contributed by atoms with Crippen LogP contribution in [0.15, 0.2) is 42.5 Å². The predicted molar refractivity (Wildman–Crippen MR) is 102 cm³/mol. The number of alkyl halides is 3. The Morgan fingerprint density at radius 2 is 1.74 bits per heavy atom. The van der Waals surface area contributed by atoms with Gasteiger partial charge in [-0.2, -0.15) is 13.2 Å². The van der Waals surface area contributed by atoms with E-state index in [0.29, 0.717) is 18.5 Å². The van der Waals surface area contributed by atoms with Crippen LogP contribution in [-0.2, 0) is 11.0 Å². The van der Waals surface area contributed by atoms with Gasteiger partial charge in [0.2, 0.25) is 5.91 Å².